The summed E-state index contributed by atoms with van der Waals surface area (Å²) in [5.74, 6) is -2.36. The highest BCUT2D eigenvalue weighted by Gasteiger charge is 2.57. The molecule has 0 saturated carbocycles. The van der Waals surface area contributed by atoms with E-state index in [1.165, 1.54) is 0 Å². The number of hydrogen-bond donors (Lipinski definition) is 7. The van der Waals surface area contributed by atoms with Crippen LogP contribution in [0.15, 0.2) is 0 Å². The molecule has 124 valence electrons. The Morgan fingerprint density at radius 1 is 0.857 bits per heavy atom. The van der Waals surface area contributed by atoms with E-state index in [2.05, 4.69) is 0 Å². The van der Waals surface area contributed by atoms with Crippen LogP contribution in [-0.2, 0) is 9.47 Å². The molecule has 0 aromatic heterocycles. The molecular formula is C12H22O9. The standard InChI is InChI=1S/C12H22O9/c13-3-8-5(15)1-7(17)11(20-8)12(19)10(18)2-6(16)9(4-14)21-12/h5-11,13-19H,1-4H2/t5-,6-,7+,8+,9+,10+,11-,12+/m0/s1. The fourth-order valence-corrected chi connectivity index (χ4v) is 2.79. The first kappa shape index (κ1) is 17.0. The van der Waals surface area contributed by atoms with Gasteiger partial charge < -0.3 is 45.2 Å². The van der Waals surface area contributed by atoms with Crippen molar-refractivity contribution in [3.63, 3.8) is 0 Å². The van der Waals surface area contributed by atoms with Gasteiger partial charge in [-0.1, -0.05) is 0 Å². The summed E-state index contributed by atoms with van der Waals surface area (Å²) in [5.41, 5.74) is 0. The van der Waals surface area contributed by atoms with Crippen LogP contribution in [0.5, 0.6) is 0 Å². The minimum Gasteiger partial charge on any atom is -0.394 e. The largest absolute Gasteiger partial charge is 0.394 e. The highest BCUT2D eigenvalue weighted by molar-refractivity contribution is 5.00. The number of ether oxygens (including phenoxy) is 2. The molecule has 0 aliphatic carbocycles. The van der Waals surface area contributed by atoms with Crippen LogP contribution >= 0.6 is 0 Å². The Kier molecular flexibility index (Phi) is 5.19. The molecule has 2 aliphatic rings. The van der Waals surface area contributed by atoms with E-state index in [1.54, 1.807) is 0 Å². The van der Waals surface area contributed by atoms with Gasteiger partial charge in [-0.2, -0.15) is 0 Å². The summed E-state index contributed by atoms with van der Waals surface area (Å²) >= 11 is 0. The van der Waals surface area contributed by atoms with Gasteiger partial charge in [-0.3, -0.25) is 0 Å². The lowest BCUT2D eigenvalue weighted by molar-refractivity contribution is -0.384. The molecule has 0 spiro atoms. The van der Waals surface area contributed by atoms with Crippen LogP contribution in [0.2, 0.25) is 0 Å². The van der Waals surface area contributed by atoms with E-state index >= 15 is 0 Å². The van der Waals surface area contributed by atoms with Crippen molar-refractivity contribution in [2.24, 2.45) is 0 Å². The summed E-state index contributed by atoms with van der Waals surface area (Å²) in [5, 5.41) is 68.0. The quantitative estimate of drug-likeness (QED) is 0.276. The first-order valence-corrected chi connectivity index (χ1v) is 6.83. The van der Waals surface area contributed by atoms with E-state index in [1.807, 2.05) is 0 Å². The Bertz CT molecular complexity index is 354. The molecule has 0 aromatic carbocycles. The first-order valence-electron chi connectivity index (χ1n) is 6.83. The second-order valence-electron chi connectivity index (χ2n) is 5.56. The summed E-state index contributed by atoms with van der Waals surface area (Å²) in [6.07, 6.45) is -9.29. The first-order chi connectivity index (χ1) is 9.83. The summed E-state index contributed by atoms with van der Waals surface area (Å²) in [6, 6.07) is 0. The lowest BCUT2D eigenvalue weighted by atomic mass is 9.86. The molecule has 2 rings (SSSR count). The third-order valence-corrected chi connectivity index (χ3v) is 4.06. The van der Waals surface area contributed by atoms with Crippen molar-refractivity contribution in [2.45, 2.75) is 61.4 Å². The minimum atomic E-state index is -2.36. The smallest absolute Gasteiger partial charge is 0.222 e. The van der Waals surface area contributed by atoms with E-state index in [9.17, 15) is 25.5 Å². The van der Waals surface area contributed by atoms with Crippen molar-refractivity contribution in [2.75, 3.05) is 13.2 Å². The second-order valence-corrected chi connectivity index (χ2v) is 5.56. The Morgan fingerprint density at radius 2 is 1.43 bits per heavy atom. The molecule has 8 atom stereocenters. The molecule has 2 fully saturated rings. The predicted octanol–water partition coefficient (Wildman–Crippen LogP) is -3.95. The third kappa shape index (κ3) is 3.07. The maximum Gasteiger partial charge on any atom is 0.222 e. The maximum absolute atomic E-state index is 10.5. The van der Waals surface area contributed by atoms with Gasteiger partial charge >= 0.3 is 0 Å². The van der Waals surface area contributed by atoms with Crippen molar-refractivity contribution < 1.29 is 45.2 Å². The average molecular weight is 310 g/mol. The van der Waals surface area contributed by atoms with E-state index in [0.29, 0.717) is 0 Å². The van der Waals surface area contributed by atoms with E-state index < -0.39 is 61.7 Å². The van der Waals surface area contributed by atoms with Gasteiger partial charge in [0, 0.05) is 12.8 Å². The van der Waals surface area contributed by atoms with Crippen LogP contribution in [0.4, 0.5) is 0 Å². The third-order valence-electron chi connectivity index (χ3n) is 4.06. The van der Waals surface area contributed by atoms with Gasteiger partial charge in [0.15, 0.2) is 0 Å². The monoisotopic (exact) mass is 310 g/mol. The number of rotatable bonds is 3. The Labute approximate surface area is 121 Å². The molecule has 9 heteroatoms. The number of aliphatic hydroxyl groups excluding tert-OH is 6. The van der Waals surface area contributed by atoms with Crippen LogP contribution in [0.3, 0.4) is 0 Å². The zero-order valence-electron chi connectivity index (χ0n) is 11.3. The lowest BCUT2D eigenvalue weighted by Crippen LogP contribution is -2.68. The van der Waals surface area contributed by atoms with Crippen molar-refractivity contribution in [3.05, 3.63) is 0 Å². The lowest BCUT2D eigenvalue weighted by Gasteiger charge is -2.50. The SMILES string of the molecule is OC[C@H]1O[C@H]([C@]2(O)O[C@H](CO)[C@@H](O)C[C@H]2O)[C@H](O)C[C@@H]1O. The summed E-state index contributed by atoms with van der Waals surface area (Å²) in [7, 11) is 0. The molecule has 21 heavy (non-hydrogen) atoms. The summed E-state index contributed by atoms with van der Waals surface area (Å²) in [4.78, 5) is 0. The van der Waals surface area contributed by atoms with E-state index in [0.717, 1.165) is 0 Å². The van der Waals surface area contributed by atoms with Crippen molar-refractivity contribution in [1.82, 2.24) is 0 Å². The Balaban J connectivity index is 2.20. The highest BCUT2D eigenvalue weighted by Crippen LogP contribution is 2.36. The summed E-state index contributed by atoms with van der Waals surface area (Å²) < 4.78 is 10.4. The van der Waals surface area contributed by atoms with Gasteiger partial charge in [-0.25, -0.2) is 0 Å². The predicted molar refractivity (Wildman–Crippen MR) is 65.9 cm³/mol. The van der Waals surface area contributed by atoms with Gasteiger partial charge in [0.1, 0.15) is 24.4 Å². The summed E-state index contributed by atoms with van der Waals surface area (Å²) in [6.45, 7) is -1.13. The topological polar surface area (TPSA) is 160 Å². The fraction of sp³-hybridized carbons (Fsp3) is 1.00. The van der Waals surface area contributed by atoms with Gasteiger partial charge in [0.25, 0.3) is 0 Å². The van der Waals surface area contributed by atoms with E-state index in [-0.39, 0.29) is 12.8 Å². The van der Waals surface area contributed by atoms with Gasteiger partial charge in [0.2, 0.25) is 5.79 Å². The molecule has 2 heterocycles. The van der Waals surface area contributed by atoms with Crippen LogP contribution in [0, 0.1) is 0 Å². The second kappa shape index (κ2) is 6.41. The average Bonchev–Trinajstić information content (AvgIpc) is 2.43. The zero-order valence-corrected chi connectivity index (χ0v) is 11.3. The molecule has 7 N–H and O–H groups in total. The molecule has 9 nitrogen and oxygen atoms in total. The van der Waals surface area contributed by atoms with Gasteiger partial charge in [0.05, 0.1) is 31.5 Å². The normalized spacial score (nSPS) is 51.9. The van der Waals surface area contributed by atoms with Crippen LogP contribution in [0.1, 0.15) is 12.8 Å². The van der Waals surface area contributed by atoms with Gasteiger partial charge in [-0.15, -0.1) is 0 Å². The molecular weight excluding hydrogens is 288 g/mol. The van der Waals surface area contributed by atoms with Crippen molar-refractivity contribution in [1.29, 1.82) is 0 Å². The van der Waals surface area contributed by atoms with E-state index in [4.69, 9.17) is 19.7 Å². The van der Waals surface area contributed by atoms with Crippen molar-refractivity contribution in [3.8, 4) is 0 Å². The zero-order chi connectivity index (χ0) is 15.8. The molecule has 2 saturated heterocycles. The maximum atomic E-state index is 10.5. The molecule has 0 aromatic rings. The molecule has 0 bridgehead atoms. The van der Waals surface area contributed by atoms with Crippen LogP contribution < -0.4 is 0 Å². The molecule has 0 unspecified atom stereocenters. The van der Waals surface area contributed by atoms with Gasteiger partial charge in [-0.05, 0) is 0 Å². The Morgan fingerprint density at radius 3 is 2.00 bits per heavy atom. The van der Waals surface area contributed by atoms with Crippen LogP contribution in [-0.4, -0.2) is 97.5 Å². The fourth-order valence-electron chi connectivity index (χ4n) is 2.79. The number of hydrogen-bond acceptors (Lipinski definition) is 9. The van der Waals surface area contributed by atoms with Crippen LogP contribution in [0.25, 0.3) is 0 Å². The molecule has 2 aliphatic heterocycles. The Hall–Kier alpha value is -0.360. The number of aliphatic hydroxyl groups is 7. The highest BCUT2D eigenvalue weighted by atomic mass is 16.7. The van der Waals surface area contributed by atoms with Crippen molar-refractivity contribution >= 4 is 0 Å². The molecule has 0 amide bonds. The molecule has 0 radical (unpaired) electrons. The minimum absolute atomic E-state index is 0.180.